The van der Waals surface area contributed by atoms with Gasteiger partial charge in [-0.05, 0) is 38.0 Å². The number of carbonyl (C=O) groups is 1. The van der Waals surface area contributed by atoms with E-state index in [1.165, 1.54) is 0 Å². The summed E-state index contributed by atoms with van der Waals surface area (Å²) in [5.41, 5.74) is -1.00. The Labute approximate surface area is 175 Å². The van der Waals surface area contributed by atoms with Crippen molar-refractivity contribution in [1.82, 2.24) is 0 Å². The highest BCUT2D eigenvalue weighted by atomic mass is 16.7. The Kier molecular flexibility index (Phi) is 4.80. The molecule has 2 saturated carbocycles. The van der Waals surface area contributed by atoms with E-state index >= 15 is 0 Å². The lowest BCUT2D eigenvalue weighted by molar-refractivity contribution is -0.315. The largest absolute Gasteiger partial charge is 0.462 e. The van der Waals surface area contributed by atoms with Gasteiger partial charge in [0.05, 0.1) is 18.6 Å². The van der Waals surface area contributed by atoms with Crippen molar-refractivity contribution in [2.75, 3.05) is 6.61 Å². The third-order valence-corrected chi connectivity index (χ3v) is 8.61. The van der Waals surface area contributed by atoms with E-state index in [9.17, 15) is 25.2 Å². The van der Waals surface area contributed by atoms with Crippen LogP contribution in [-0.2, 0) is 23.7 Å². The highest BCUT2D eigenvalue weighted by Crippen LogP contribution is 2.70. The predicted octanol–water partition coefficient (Wildman–Crippen LogP) is -0.673. The van der Waals surface area contributed by atoms with Gasteiger partial charge in [0, 0.05) is 5.92 Å². The molecule has 0 amide bonds. The van der Waals surface area contributed by atoms with Crippen LogP contribution >= 0.6 is 0 Å². The number of ether oxygens (including phenoxy) is 4. The Hall–Kier alpha value is -0.810. The van der Waals surface area contributed by atoms with Crippen LogP contribution in [-0.4, -0.2) is 87.1 Å². The van der Waals surface area contributed by atoms with Crippen molar-refractivity contribution >= 4 is 5.97 Å². The summed E-state index contributed by atoms with van der Waals surface area (Å²) < 4.78 is 23.7. The Bertz CT molecular complexity index is 715. The lowest BCUT2D eigenvalue weighted by Crippen LogP contribution is -2.60. The molecule has 0 bridgehead atoms. The molecule has 5 rings (SSSR count). The number of fused-ring (bicyclic) bond motifs is 1. The molecule has 0 aromatic rings. The molecule has 3 saturated heterocycles. The van der Waals surface area contributed by atoms with Crippen LogP contribution in [0.3, 0.4) is 0 Å². The second-order valence-corrected chi connectivity index (χ2v) is 10.1. The monoisotopic (exact) mass is 428 g/mol. The Morgan fingerprint density at radius 3 is 2.57 bits per heavy atom. The maximum Gasteiger partial charge on any atom is 0.309 e. The van der Waals surface area contributed by atoms with Gasteiger partial charge < -0.3 is 39.4 Å². The highest BCUT2D eigenvalue weighted by molar-refractivity contribution is 5.75. The van der Waals surface area contributed by atoms with E-state index < -0.39 is 48.5 Å². The molecule has 0 aromatic heterocycles. The van der Waals surface area contributed by atoms with E-state index in [0.29, 0.717) is 6.42 Å². The fourth-order valence-corrected chi connectivity index (χ4v) is 6.65. The lowest BCUT2D eigenvalue weighted by Gasteiger charge is -2.41. The second-order valence-electron chi connectivity index (χ2n) is 10.1. The minimum atomic E-state index is -1.48. The minimum Gasteiger partial charge on any atom is -0.462 e. The van der Waals surface area contributed by atoms with Gasteiger partial charge in [-0.3, -0.25) is 4.79 Å². The number of carbonyl (C=O) groups excluding carboxylic acids is 1. The van der Waals surface area contributed by atoms with Crippen molar-refractivity contribution in [1.29, 1.82) is 0 Å². The molecule has 1 spiro atoms. The molecule has 2 aliphatic carbocycles. The van der Waals surface area contributed by atoms with Gasteiger partial charge in [0.25, 0.3) is 0 Å². The molecular weight excluding hydrogens is 396 g/mol. The van der Waals surface area contributed by atoms with Crippen molar-refractivity contribution in [2.24, 2.45) is 23.7 Å². The average molecular weight is 428 g/mol. The molecule has 4 N–H and O–H groups in total. The SMILES string of the molecule is C[C@H]1C[C@@H]2OC(=O)[C@H](C)[C@H]2C[C@@]23O[C@]2(C)C(O[C@@H]2O[C@H](CO)[C@@H](O)[C@H](O)[C@H]2O)C[C@@H]13. The van der Waals surface area contributed by atoms with E-state index in [1.54, 1.807) is 0 Å². The number of aliphatic hydroxyl groups is 4. The molecule has 0 aromatic carbocycles. The number of hydrogen-bond donors (Lipinski definition) is 4. The first-order chi connectivity index (χ1) is 14.1. The molecule has 3 heterocycles. The van der Waals surface area contributed by atoms with E-state index in [-0.39, 0.29) is 41.8 Å². The van der Waals surface area contributed by atoms with Gasteiger partial charge in [-0.15, -0.1) is 0 Å². The van der Waals surface area contributed by atoms with Crippen molar-refractivity contribution in [3.05, 3.63) is 0 Å². The van der Waals surface area contributed by atoms with Gasteiger partial charge in [0.15, 0.2) is 6.29 Å². The van der Waals surface area contributed by atoms with Crippen LogP contribution in [0.2, 0.25) is 0 Å². The number of epoxide rings is 1. The van der Waals surface area contributed by atoms with Crippen LogP contribution in [0, 0.1) is 23.7 Å². The molecular formula is C21H32O9. The number of rotatable bonds is 3. The van der Waals surface area contributed by atoms with Gasteiger partial charge in [-0.25, -0.2) is 0 Å². The van der Waals surface area contributed by atoms with Crippen molar-refractivity contribution in [2.45, 2.75) is 94.1 Å². The summed E-state index contributed by atoms with van der Waals surface area (Å²) in [6.45, 7) is 5.58. The third-order valence-electron chi connectivity index (χ3n) is 8.61. The summed E-state index contributed by atoms with van der Waals surface area (Å²) in [5, 5.41) is 39.9. The number of aliphatic hydroxyl groups excluding tert-OH is 4. The van der Waals surface area contributed by atoms with Crippen LogP contribution in [0.25, 0.3) is 0 Å². The van der Waals surface area contributed by atoms with Crippen molar-refractivity contribution < 1.29 is 44.2 Å². The van der Waals surface area contributed by atoms with Gasteiger partial charge in [0.2, 0.25) is 0 Å². The maximum atomic E-state index is 12.1. The number of esters is 1. The molecule has 9 nitrogen and oxygen atoms in total. The zero-order valence-electron chi connectivity index (χ0n) is 17.5. The fourth-order valence-electron chi connectivity index (χ4n) is 6.65. The third kappa shape index (κ3) is 2.69. The van der Waals surface area contributed by atoms with E-state index in [4.69, 9.17) is 18.9 Å². The molecule has 5 aliphatic rings. The number of hydrogen-bond acceptors (Lipinski definition) is 9. The summed E-state index contributed by atoms with van der Waals surface area (Å²) in [6.07, 6.45) is -4.74. The molecule has 30 heavy (non-hydrogen) atoms. The summed E-state index contributed by atoms with van der Waals surface area (Å²) in [7, 11) is 0. The van der Waals surface area contributed by atoms with Crippen LogP contribution in [0.4, 0.5) is 0 Å². The highest BCUT2D eigenvalue weighted by Gasteiger charge is 2.81. The average Bonchev–Trinajstić information content (AvgIpc) is 3.18. The first-order valence-electron chi connectivity index (χ1n) is 11.0. The molecule has 0 radical (unpaired) electrons. The minimum absolute atomic E-state index is 0.0688. The van der Waals surface area contributed by atoms with Gasteiger partial charge >= 0.3 is 5.97 Å². The Morgan fingerprint density at radius 2 is 1.87 bits per heavy atom. The van der Waals surface area contributed by atoms with Gasteiger partial charge in [0.1, 0.15) is 41.7 Å². The summed E-state index contributed by atoms with van der Waals surface area (Å²) in [4.78, 5) is 12.1. The van der Waals surface area contributed by atoms with Crippen LogP contribution in [0.15, 0.2) is 0 Å². The molecule has 13 atom stereocenters. The van der Waals surface area contributed by atoms with Crippen LogP contribution < -0.4 is 0 Å². The molecule has 170 valence electrons. The van der Waals surface area contributed by atoms with E-state index in [1.807, 2.05) is 13.8 Å². The quantitative estimate of drug-likeness (QED) is 0.340. The molecule has 3 aliphatic heterocycles. The van der Waals surface area contributed by atoms with Crippen LogP contribution in [0.1, 0.15) is 40.0 Å². The summed E-state index contributed by atoms with van der Waals surface area (Å²) >= 11 is 0. The lowest BCUT2D eigenvalue weighted by atomic mass is 9.78. The van der Waals surface area contributed by atoms with E-state index in [0.717, 1.165) is 12.8 Å². The van der Waals surface area contributed by atoms with Gasteiger partial charge in [-0.2, -0.15) is 0 Å². The van der Waals surface area contributed by atoms with Crippen molar-refractivity contribution in [3.63, 3.8) is 0 Å². The fraction of sp³-hybridized carbons (Fsp3) is 0.952. The molecule has 5 fully saturated rings. The summed E-state index contributed by atoms with van der Waals surface area (Å²) in [5.74, 6) is 0.297. The zero-order valence-corrected chi connectivity index (χ0v) is 17.5. The Morgan fingerprint density at radius 1 is 1.13 bits per heavy atom. The molecule has 1 unspecified atom stereocenters. The normalized spacial score (nSPS) is 59.7. The van der Waals surface area contributed by atoms with E-state index in [2.05, 4.69) is 6.92 Å². The molecule has 9 heteroatoms. The first-order valence-corrected chi connectivity index (χ1v) is 11.0. The zero-order chi connectivity index (χ0) is 21.6. The summed E-state index contributed by atoms with van der Waals surface area (Å²) in [6, 6.07) is 0. The second kappa shape index (κ2) is 6.84. The maximum absolute atomic E-state index is 12.1. The standard InChI is InChI=1S/C21H32O9/c1-8-4-12-10(9(2)18(26)27-12)6-21-11(8)5-14(20(21,3)30-21)29-19-17(25)16(24)15(23)13(7-22)28-19/h8-17,19,22-25H,4-7H2,1-3H3/t8-,9+,10+,11-,12-,13+,14?,15+,16-,17+,19-,20+,21-/m0/s1. The van der Waals surface area contributed by atoms with Crippen molar-refractivity contribution in [3.8, 4) is 0 Å². The smallest absolute Gasteiger partial charge is 0.309 e. The predicted molar refractivity (Wildman–Crippen MR) is 99.9 cm³/mol. The topological polar surface area (TPSA) is 138 Å². The first kappa shape index (κ1) is 21.1. The van der Waals surface area contributed by atoms with Crippen LogP contribution in [0.5, 0.6) is 0 Å². The Balaban J connectivity index is 1.36. The van der Waals surface area contributed by atoms with Gasteiger partial charge in [-0.1, -0.05) is 13.8 Å².